The zero-order chi connectivity index (χ0) is 13.2. The molecule has 0 aromatic carbocycles. The molecule has 1 rings (SSSR count). The third-order valence-electron chi connectivity index (χ3n) is 4.17. The van der Waals surface area contributed by atoms with Gasteiger partial charge in [0, 0.05) is 18.4 Å². The Morgan fingerprint density at radius 1 is 1.18 bits per heavy atom. The molecule has 0 heterocycles. The Bertz CT molecular complexity index is 257. The summed E-state index contributed by atoms with van der Waals surface area (Å²) >= 11 is 0. The van der Waals surface area contributed by atoms with Crippen molar-refractivity contribution in [1.29, 1.82) is 0 Å². The maximum absolute atomic E-state index is 12.3. The first-order valence-electron chi connectivity index (χ1n) is 6.98. The third-order valence-corrected chi connectivity index (χ3v) is 4.17. The number of carbonyl (C=O) groups is 1. The number of nitrogens with two attached hydrogens (primary N) is 1. The van der Waals surface area contributed by atoms with Gasteiger partial charge in [0.25, 0.3) is 0 Å². The molecule has 0 saturated heterocycles. The van der Waals surface area contributed by atoms with Crippen molar-refractivity contribution in [2.24, 2.45) is 28.9 Å². The monoisotopic (exact) mass is 239 g/mol. The highest BCUT2D eigenvalue weighted by atomic mass is 16.1. The van der Waals surface area contributed by atoms with Gasteiger partial charge in [-0.1, -0.05) is 34.6 Å². The highest BCUT2D eigenvalue weighted by molar-refractivity contribution is 5.81. The van der Waals surface area contributed by atoms with Crippen LogP contribution in [0.25, 0.3) is 0 Å². The van der Waals surface area contributed by atoms with Gasteiger partial charge in [-0.2, -0.15) is 0 Å². The predicted molar refractivity (Wildman–Crippen MR) is 72.7 cm³/mol. The van der Waals surface area contributed by atoms with Gasteiger partial charge in [-0.05, 0) is 36.5 Å². The van der Waals surface area contributed by atoms with Gasteiger partial charge in [0.05, 0.1) is 0 Å². The Balaban J connectivity index is 2.53. The molecule has 2 nitrogen and oxygen atoms in total. The van der Waals surface area contributed by atoms with Crippen molar-refractivity contribution in [3.63, 3.8) is 0 Å². The van der Waals surface area contributed by atoms with E-state index in [1.54, 1.807) is 0 Å². The Hall–Kier alpha value is -0.370. The van der Waals surface area contributed by atoms with Crippen LogP contribution in [0.1, 0.15) is 60.3 Å². The van der Waals surface area contributed by atoms with Crippen molar-refractivity contribution in [2.75, 3.05) is 0 Å². The zero-order valence-electron chi connectivity index (χ0n) is 12.1. The van der Waals surface area contributed by atoms with Gasteiger partial charge in [0.1, 0.15) is 5.78 Å². The smallest absolute Gasteiger partial charge is 0.137 e. The molecule has 0 amide bonds. The molecule has 100 valence electrons. The molecule has 0 spiro atoms. The maximum Gasteiger partial charge on any atom is 0.137 e. The molecular weight excluding hydrogens is 210 g/mol. The summed E-state index contributed by atoms with van der Waals surface area (Å²) in [6.07, 6.45) is 3.96. The fraction of sp³-hybridized carbons (Fsp3) is 0.933. The van der Waals surface area contributed by atoms with E-state index in [1.807, 2.05) is 0 Å². The van der Waals surface area contributed by atoms with Crippen molar-refractivity contribution in [2.45, 2.75) is 66.3 Å². The molecule has 17 heavy (non-hydrogen) atoms. The van der Waals surface area contributed by atoms with E-state index in [0.717, 1.165) is 12.8 Å². The molecule has 0 aromatic rings. The average molecular weight is 239 g/mol. The quantitative estimate of drug-likeness (QED) is 0.820. The molecule has 1 aliphatic rings. The third kappa shape index (κ3) is 4.42. The standard InChI is InChI=1S/C15H29NO/c1-10-6-11(2)8-12(7-10)13(17)9-14(16)15(3,4)5/h10-12,14H,6-9,16H2,1-5H3. The van der Waals surface area contributed by atoms with Crippen LogP contribution >= 0.6 is 0 Å². The van der Waals surface area contributed by atoms with Crippen molar-refractivity contribution in [1.82, 2.24) is 0 Å². The molecular formula is C15H29NO. The van der Waals surface area contributed by atoms with E-state index in [-0.39, 0.29) is 17.4 Å². The molecule has 3 unspecified atom stereocenters. The summed E-state index contributed by atoms with van der Waals surface area (Å²) < 4.78 is 0. The average Bonchev–Trinajstić information content (AvgIpc) is 2.14. The molecule has 1 fully saturated rings. The highest BCUT2D eigenvalue weighted by Crippen LogP contribution is 2.34. The minimum absolute atomic E-state index is 0.0115. The summed E-state index contributed by atoms with van der Waals surface area (Å²) in [6.45, 7) is 10.9. The van der Waals surface area contributed by atoms with E-state index in [1.165, 1.54) is 6.42 Å². The van der Waals surface area contributed by atoms with Crippen LogP contribution in [0.15, 0.2) is 0 Å². The van der Waals surface area contributed by atoms with Crippen LogP contribution < -0.4 is 5.73 Å². The Morgan fingerprint density at radius 2 is 1.65 bits per heavy atom. The Morgan fingerprint density at radius 3 is 2.06 bits per heavy atom. The molecule has 0 aliphatic heterocycles. The van der Waals surface area contributed by atoms with Gasteiger partial charge in [0.2, 0.25) is 0 Å². The van der Waals surface area contributed by atoms with Crippen LogP contribution in [0.2, 0.25) is 0 Å². The normalized spacial score (nSPS) is 32.2. The van der Waals surface area contributed by atoms with Crippen molar-refractivity contribution >= 4 is 5.78 Å². The second kappa shape index (κ2) is 5.51. The Labute approximate surface area is 106 Å². The van der Waals surface area contributed by atoms with Gasteiger partial charge in [-0.25, -0.2) is 0 Å². The van der Waals surface area contributed by atoms with E-state index >= 15 is 0 Å². The van der Waals surface area contributed by atoms with Gasteiger partial charge in [0.15, 0.2) is 0 Å². The van der Waals surface area contributed by atoms with E-state index < -0.39 is 0 Å². The van der Waals surface area contributed by atoms with Crippen molar-refractivity contribution in [3.05, 3.63) is 0 Å². The van der Waals surface area contributed by atoms with Crippen LogP contribution in [-0.4, -0.2) is 11.8 Å². The molecule has 2 N–H and O–H groups in total. The van der Waals surface area contributed by atoms with E-state index in [4.69, 9.17) is 5.73 Å². The number of rotatable bonds is 3. The molecule has 2 heteroatoms. The summed E-state index contributed by atoms with van der Waals surface area (Å²) in [5, 5.41) is 0. The lowest BCUT2D eigenvalue weighted by Gasteiger charge is -2.33. The number of hydrogen-bond acceptors (Lipinski definition) is 2. The topological polar surface area (TPSA) is 43.1 Å². The minimum atomic E-state index is -0.0115. The molecule has 0 bridgehead atoms. The van der Waals surface area contributed by atoms with Crippen molar-refractivity contribution < 1.29 is 4.79 Å². The van der Waals surface area contributed by atoms with Crippen molar-refractivity contribution in [3.8, 4) is 0 Å². The minimum Gasteiger partial charge on any atom is -0.327 e. The van der Waals surface area contributed by atoms with Crippen LogP contribution in [0.5, 0.6) is 0 Å². The molecule has 0 radical (unpaired) electrons. The fourth-order valence-corrected chi connectivity index (χ4v) is 2.90. The van der Waals surface area contributed by atoms with Crippen LogP contribution in [-0.2, 0) is 4.79 Å². The summed E-state index contributed by atoms with van der Waals surface area (Å²) in [4.78, 5) is 12.3. The lowest BCUT2D eigenvalue weighted by atomic mass is 9.73. The summed E-state index contributed by atoms with van der Waals surface area (Å²) in [7, 11) is 0. The number of ketones is 1. The maximum atomic E-state index is 12.3. The number of carbonyl (C=O) groups excluding carboxylic acids is 1. The molecule has 1 aliphatic carbocycles. The summed E-state index contributed by atoms with van der Waals surface area (Å²) in [6, 6.07) is -0.0115. The number of hydrogen-bond donors (Lipinski definition) is 1. The predicted octanol–water partition coefficient (Wildman–Crippen LogP) is 3.39. The summed E-state index contributed by atoms with van der Waals surface area (Å²) in [5.41, 5.74) is 6.14. The van der Waals surface area contributed by atoms with Gasteiger partial charge in [-0.15, -0.1) is 0 Å². The first kappa shape index (κ1) is 14.7. The second-order valence-corrected chi connectivity index (χ2v) is 7.26. The van der Waals surface area contributed by atoms with Gasteiger partial charge >= 0.3 is 0 Å². The lowest BCUT2D eigenvalue weighted by Crippen LogP contribution is -2.39. The van der Waals surface area contributed by atoms with Crippen LogP contribution in [0.4, 0.5) is 0 Å². The van der Waals surface area contributed by atoms with E-state index in [9.17, 15) is 4.79 Å². The highest BCUT2D eigenvalue weighted by Gasteiger charge is 2.31. The summed E-state index contributed by atoms with van der Waals surface area (Å²) in [5.74, 6) is 2.05. The first-order valence-corrected chi connectivity index (χ1v) is 6.98. The fourth-order valence-electron chi connectivity index (χ4n) is 2.90. The van der Waals surface area contributed by atoms with E-state index in [0.29, 0.717) is 24.0 Å². The number of Topliss-reactive ketones (excluding diaryl/α,β-unsaturated/α-hetero) is 1. The molecule has 1 saturated carbocycles. The molecule has 3 atom stereocenters. The van der Waals surface area contributed by atoms with Crippen LogP contribution in [0.3, 0.4) is 0 Å². The SMILES string of the molecule is CC1CC(C)CC(C(=O)CC(N)C(C)(C)C)C1. The van der Waals surface area contributed by atoms with E-state index in [2.05, 4.69) is 34.6 Å². The second-order valence-electron chi connectivity index (χ2n) is 7.26. The molecule has 0 aromatic heterocycles. The van der Waals surface area contributed by atoms with Gasteiger partial charge < -0.3 is 5.73 Å². The van der Waals surface area contributed by atoms with Crippen LogP contribution in [0, 0.1) is 23.2 Å². The zero-order valence-corrected chi connectivity index (χ0v) is 12.1. The Kier molecular flexibility index (Phi) is 4.77. The largest absolute Gasteiger partial charge is 0.327 e. The lowest BCUT2D eigenvalue weighted by molar-refractivity contribution is -0.125. The first-order chi connectivity index (χ1) is 7.70. The van der Waals surface area contributed by atoms with Gasteiger partial charge in [-0.3, -0.25) is 4.79 Å².